The maximum atomic E-state index is 11.7. The van der Waals surface area contributed by atoms with Gasteiger partial charge in [-0.2, -0.15) is 0 Å². The van der Waals surface area contributed by atoms with E-state index >= 15 is 0 Å². The van der Waals surface area contributed by atoms with Crippen molar-refractivity contribution >= 4 is 33.9 Å². The lowest BCUT2D eigenvalue weighted by Crippen LogP contribution is -2.18. The van der Waals surface area contributed by atoms with Crippen molar-refractivity contribution < 1.29 is 14.4 Å². The number of hydroxylamine groups is 1. The molecule has 4 aromatic carbocycles. The zero-order valence-corrected chi connectivity index (χ0v) is 17.1. The van der Waals surface area contributed by atoms with Crippen molar-refractivity contribution in [1.29, 1.82) is 0 Å². The SMILES string of the molecule is O=C(NO)c1ccc2cc(-c3ccc(N(c4ccccc4)c4ccccc4)cc3)oc2c1. The Labute approximate surface area is 185 Å². The summed E-state index contributed by atoms with van der Waals surface area (Å²) in [5.74, 6) is 0.134. The summed E-state index contributed by atoms with van der Waals surface area (Å²) in [5.41, 5.74) is 6.67. The summed E-state index contributed by atoms with van der Waals surface area (Å²) in [4.78, 5) is 13.9. The van der Waals surface area contributed by atoms with E-state index in [-0.39, 0.29) is 0 Å². The van der Waals surface area contributed by atoms with Gasteiger partial charge < -0.3 is 9.32 Å². The molecule has 0 bridgehead atoms. The lowest BCUT2D eigenvalue weighted by Gasteiger charge is -2.25. The molecule has 1 aromatic heterocycles. The van der Waals surface area contributed by atoms with Crippen molar-refractivity contribution in [3.05, 3.63) is 115 Å². The number of benzene rings is 4. The number of para-hydroxylation sites is 2. The smallest absolute Gasteiger partial charge is 0.274 e. The third-order valence-corrected chi connectivity index (χ3v) is 5.32. The highest BCUT2D eigenvalue weighted by molar-refractivity contribution is 5.97. The summed E-state index contributed by atoms with van der Waals surface area (Å²) < 4.78 is 5.98. The predicted octanol–water partition coefficient (Wildman–Crippen LogP) is 6.69. The minimum Gasteiger partial charge on any atom is -0.456 e. The third kappa shape index (κ3) is 3.73. The summed E-state index contributed by atoms with van der Waals surface area (Å²) in [5, 5.41) is 9.73. The third-order valence-electron chi connectivity index (χ3n) is 5.32. The molecule has 0 radical (unpaired) electrons. The summed E-state index contributed by atoms with van der Waals surface area (Å²) in [6.07, 6.45) is 0. The van der Waals surface area contributed by atoms with Crippen LogP contribution in [0.2, 0.25) is 0 Å². The van der Waals surface area contributed by atoms with Crippen LogP contribution in [0.25, 0.3) is 22.3 Å². The van der Waals surface area contributed by atoms with E-state index in [1.165, 1.54) is 0 Å². The first kappa shape index (κ1) is 19.6. The first-order chi connectivity index (χ1) is 15.7. The van der Waals surface area contributed by atoms with E-state index in [0.717, 1.165) is 28.0 Å². The molecule has 0 saturated heterocycles. The number of rotatable bonds is 5. The number of hydrogen-bond acceptors (Lipinski definition) is 4. The normalized spacial score (nSPS) is 10.8. The number of carbonyl (C=O) groups excluding carboxylic acids is 1. The molecule has 0 aliphatic heterocycles. The maximum Gasteiger partial charge on any atom is 0.274 e. The minimum absolute atomic E-state index is 0.331. The zero-order valence-electron chi connectivity index (χ0n) is 17.1. The van der Waals surface area contributed by atoms with Crippen LogP contribution in [0.15, 0.2) is 114 Å². The Morgan fingerprint density at radius 3 is 1.91 bits per heavy atom. The van der Waals surface area contributed by atoms with Gasteiger partial charge in [-0.1, -0.05) is 42.5 Å². The highest BCUT2D eigenvalue weighted by atomic mass is 16.5. The first-order valence-corrected chi connectivity index (χ1v) is 10.2. The molecule has 0 spiro atoms. The number of fused-ring (bicyclic) bond motifs is 1. The molecule has 5 aromatic rings. The van der Waals surface area contributed by atoms with Gasteiger partial charge in [0.1, 0.15) is 11.3 Å². The lowest BCUT2D eigenvalue weighted by molar-refractivity contribution is 0.0706. The molecule has 1 heterocycles. The van der Waals surface area contributed by atoms with Crippen LogP contribution in [0.5, 0.6) is 0 Å². The number of nitrogens with one attached hydrogen (secondary N) is 1. The second kappa shape index (κ2) is 8.41. The Bertz CT molecular complexity index is 1320. The molecule has 32 heavy (non-hydrogen) atoms. The Morgan fingerprint density at radius 1 is 0.719 bits per heavy atom. The fourth-order valence-electron chi connectivity index (χ4n) is 3.76. The average molecular weight is 420 g/mol. The van der Waals surface area contributed by atoms with Gasteiger partial charge in [-0.3, -0.25) is 10.0 Å². The molecule has 5 heteroatoms. The fourth-order valence-corrected chi connectivity index (χ4v) is 3.76. The minimum atomic E-state index is -0.573. The Balaban J connectivity index is 1.51. The molecule has 0 aliphatic rings. The number of amides is 1. The molecular formula is C27H20N2O3. The van der Waals surface area contributed by atoms with E-state index in [4.69, 9.17) is 9.62 Å². The molecule has 5 nitrogen and oxygen atoms in total. The highest BCUT2D eigenvalue weighted by Crippen LogP contribution is 2.36. The fraction of sp³-hybridized carbons (Fsp3) is 0. The van der Waals surface area contributed by atoms with Crippen molar-refractivity contribution in [2.45, 2.75) is 0 Å². The lowest BCUT2D eigenvalue weighted by atomic mass is 10.1. The van der Waals surface area contributed by atoms with E-state index in [9.17, 15) is 4.79 Å². The molecule has 0 unspecified atom stereocenters. The summed E-state index contributed by atoms with van der Waals surface area (Å²) in [6, 6.07) is 35.6. The van der Waals surface area contributed by atoms with Crippen LogP contribution in [0.4, 0.5) is 17.1 Å². The molecule has 156 valence electrons. The van der Waals surface area contributed by atoms with Crippen LogP contribution in [0.3, 0.4) is 0 Å². The van der Waals surface area contributed by atoms with Gasteiger partial charge in [-0.25, -0.2) is 5.48 Å². The Kier molecular flexibility index (Phi) is 5.15. The standard InChI is InChI=1S/C27H20N2O3/c30-27(28-31)21-12-11-20-17-25(32-26(20)18-21)19-13-15-24(16-14-19)29(22-7-3-1-4-8-22)23-9-5-2-6-10-23/h1-18,31H,(H,28,30). The first-order valence-electron chi connectivity index (χ1n) is 10.2. The predicted molar refractivity (Wildman–Crippen MR) is 126 cm³/mol. The van der Waals surface area contributed by atoms with Crippen molar-refractivity contribution in [1.82, 2.24) is 5.48 Å². The molecule has 2 N–H and O–H groups in total. The molecule has 1 amide bonds. The number of carbonyl (C=O) groups is 1. The Hall–Kier alpha value is -4.35. The van der Waals surface area contributed by atoms with Crippen molar-refractivity contribution in [2.24, 2.45) is 0 Å². The quantitative estimate of drug-likeness (QED) is 0.246. The highest BCUT2D eigenvalue weighted by Gasteiger charge is 2.14. The second-order valence-corrected chi connectivity index (χ2v) is 7.36. The van der Waals surface area contributed by atoms with Gasteiger partial charge in [0.2, 0.25) is 0 Å². The van der Waals surface area contributed by atoms with Crippen LogP contribution in [0, 0.1) is 0 Å². The van der Waals surface area contributed by atoms with Gasteiger partial charge in [0, 0.05) is 33.6 Å². The van der Waals surface area contributed by atoms with Gasteiger partial charge in [-0.05, 0) is 66.7 Å². The molecule has 5 rings (SSSR count). The van der Waals surface area contributed by atoms with Gasteiger partial charge in [-0.15, -0.1) is 0 Å². The number of hydrogen-bond donors (Lipinski definition) is 2. The molecule has 0 atom stereocenters. The molecule has 0 fully saturated rings. The van der Waals surface area contributed by atoms with Crippen molar-refractivity contribution in [3.63, 3.8) is 0 Å². The van der Waals surface area contributed by atoms with E-state index in [2.05, 4.69) is 41.3 Å². The van der Waals surface area contributed by atoms with Crippen LogP contribution in [-0.2, 0) is 0 Å². The van der Waals surface area contributed by atoms with Gasteiger partial charge in [0.25, 0.3) is 5.91 Å². The summed E-state index contributed by atoms with van der Waals surface area (Å²) >= 11 is 0. The molecular weight excluding hydrogens is 400 g/mol. The molecule has 0 aliphatic carbocycles. The Morgan fingerprint density at radius 2 is 1.31 bits per heavy atom. The van der Waals surface area contributed by atoms with Crippen LogP contribution in [0.1, 0.15) is 10.4 Å². The van der Waals surface area contributed by atoms with Crippen molar-refractivity contribution in [2.75, 3.05) is 4.90 Å². The van der Waals surface area contributed by atoms with Gasteiger partial charge >= 0.3 is 0 Å². The van der Waals surface area contributed by atoms with Gasteiger partial charge in [0.05, 0.1) is 0 Å². The van der Waals surface area contributed by atoms with E-state index in [1.807, 2.05) is 54.6 Å². The van der Waals surface area contributed by atoms with E-state index in [0.29, 0.717) is 16.9 Å². The second-order valence-electron chi connectivity index (χ2n) is 7.36. The zero-order chi connectivity index (χ0) is 21.9. The number of anilines is 3. The van der Waals surface area contributed by atoms with Crippen molar-refractivity contribution in [3.8, 4) is 11.3 Å². The number of furan rings is 1. The summed E-state index contributed by atoms with van der Waals surface area (Å²) in [7, 11) is 0. The topological polar surface area (TPSA) is 65.7 Å². The number of nitrogens with zero attached hydrogens (tertiary/aromatic N) is 1. The largest absolute Gasteiger partial charge is 0.456 e. The average Bonchev–Trinajstić information content (AvgIpc) is 3.29. The molecule has 0 saturated carbocycles. The maximum absolute atomic E-state index is 11.7. The van der Waals surface area contributed by atoms with E-state index < -0.39 is 5.91 Å². The van der Waals surface area contributed by atoms with Crippen LogP contribution < -0.4 is 10.4 Å². The van der Waals surface area contributed by atoms with Gasteiger partial charge in [0.15, 0.2) is 0 Å². The monoisotopic (exact) mass is 420 g/mol. The summed E-state index contributed by atoms with van der Waals surface area (Å²) in [6.45, 7) is 0. The van der Waals surface area contributed by atoms with Crippen LogP contribution in [-0.4, -0.2) is 11.1 Å². The van der Waals surface area contributed by atoms with E-state index in [1.54, 1.807) is 23.7 Å². The van der Waals surface area contributed by atoms with Crippen LogP contribution >= 0.6 is 0 Å².